The standard InChI is InChI=1S/C34H34O3/c1-3-33(25-29-17-9-5-10-18-29,36-31-21-13-7-14-22-31)27-35-28-34(4-2,26-30-19-11-6-12-20-30)37-32-23-15-8-16-24-32/h3-24H,1-2,25-28H2. The van der Waals surface area contributed by atoms with Crippen molar-refractivity contribution < 1.29 is 14.2 Å². The molecule has 0 aliphatic carbocycles. The summed E-state index contributed by atoms with van der Waals surface area (Å²) in [5.74, 6) is 1.53. The van der Waals surface area contributed by atoms with Gasteiger partial charge in [-0.1, -0.05) is 110 Å². The molecule has 4 rings (SSSR count). The van der Waals surface area contributed by atoms with Gasteiger partial charge in [-0.15, -0.1) is 0 Å². The normalized spacial score (nSPS) is 14.1. The van der Waals surface area contributed by atoms with E-state index in [9.17, 15) is 0 Å². The molecule has 0 aliphatic rings. The van der Waals surface area contributed by atoms with E-state index in [0.717, 1.165) is 22.6 Å². The molecule has 0 aliphatic heterocycles. The molecule has 0 aromatic heterocycles. The molecule has 0 bridgehead atoms. The summed E-state index contributed by atoms with van der Waals surface area (Å²) in [5, 5.41) is 0. The van der Waals surface area contributed by atoms with Crippen LogP contribution in [0.1, 0.15) is 11.1 Å². The van der Waals surface area contributed by atoms with Crippen LogP contribution in [0.2, 0.25) is 0 Å². The quantitative estimate of drug-likeness (QED) is 0.171. The fourth-order valence-corrected chi connectivity index (χ4v) is 4.30. The number of hydrogen-bond donors (Lipinski definition) is 0. The molecule has 0 radical (unpaired) electrons. The summed E-state index contributed by atoms with van der Waals surface area (Å²) in [7, 11) is 0. The van der Waals surface area contributed by atoms with Crippen molar-refractivity contribution >= 4 is 0 Å². The molecule has 0 fully saturated rings. The van der Waals surface area contributed by atoms with Crippen molar-refractivity contribution in [2.45, 2.75) is 24.0 Å². The molecule has 4 aromatic rings. The maximum atomic E-state index is 6.53. The highest BCUT2D eigenvalue weighted by atomic mass is 16.6. The van der Waals surface area contributed by atoms with Crippen LogP contribution in [0.5, 0.6) is 11.5 Å². The largest absolute Gasteiger partial charge is 0.480 e. The van der Waals surface area contributed by atoms with Crippen molar-refractivity contribution in [3.05, 3.63) is 158 Å². The molecule has 0 heterocycles. The summed E-state index contributed by atoms with van der Waals surface area (Å²) in [6.07, 6.45) is 4.92. The first-order chi connectivity index (χ1) is 18.1. The van der Waals surface area contributed by atoms with Gasteiger partial charge in [-0.2, -0.15) is 0 Å². The van der Waals surface area contributed by atoms with Gasteiger partial charge in [0.1, 0.15) is 11.5 Å². The summed E-state index contributed by atoms with van der Waals surface area (Å²) < 4.78 is 19.5. The van der Waals surface area contributed by atoms with E-state index < -0.39 is 11.2 Å². The van der Waals surface area contributed by atoms with Crippen LogP contribution in [0.25, 0.3) is 0 Å². The summed E-state index contributed by atoms with van der Waals surface area (Å²) in [6, 6.07) is 40.1. The Bertz CT molecular complexity index is 1040. The monoisotopic (exact) mass is 490 g/mol. The zero-order valence-electron chi connectivity index (χ0n) is 21.2. The van der Waals surface area contributed by atoms with Gasteiger partial charge in [0.05, 0.1) is 13.2 Å². The Kier molecular flexibility index (Phi) is 8.96. The van der Waals surface area contributed by atoms with E-state index in [-0.39, 0.29) is 0 Å². The Labute approximate surface area is 220 Å². The lowest BCUT2D eigenvalue weighted by atomic mass is 9.93. The molecule has 188 valence electrons. The van der Waals surface area contributed by atoms with Gasteiger partial charge in [0.25, 0.3) is 0 Å². The van der Waals surface area contributed by atoms with Crippen molar-refractivity contribution in [1.82, 2.24) is 0 Å². The third-order valence-corrected chi connectivity index (χ3v) is 6.26. The number of hydrogen-bond acceptors (Lipinski definition) is 3. The molecule has 0 amide bonds. The van der Waals surface area contributed by atoms with Crippen molar-refractivity contribution in [3.63, 3.8) is 0 Å². The van der Waals surface area contributed by atoms with Crippen LogP contribution >= 0.6 is 0 Å². The average molecular weight is 491 g/mol. The van der Waals surface area contributed by atoms with Gasteiger partial charge < -0.3 is 14.2 Å². The van der Waals surface area contributed by atoms with Crippen LogP contribution in [-0.4, -0.2) is 24.4 Å². The number of benzene rings is 4. The summed E-state index contributed by atoms with van der Waals surface area (Å²) in [6.45, 7) is 8.87. The Morgan fingerprint density at radius 1 is 0.486 bits per heavy atom. The van der Waals surface area contributed by atoms with Crippen molar-refractivity contribution in [1.29, 1.82) is 0 Å². The van der Waals surface area contributed by atoms with E-state index in [4.69, 9.17) is 14.2 Å². The minimum Gasteiger partial charge on any atom is -0.480 e. The van der Waals surface area contributed by atoms with E-state index in [2.05, 4.69) is 37.4 Å². The minimum atomic E-state index is -0.769. The molecule has 0 saturated heterocycles. The molecule has 3 heteroatoms. The Balaban J connectivity index is 1.57. The highest BCUT2D eigenvalue weighted by Gasteiger charge is 2.34. The smallest absolute Gasteiger partial charge is 0.154 e. The molecule has 0 N–H and O–H groups in total. The molecular weight excluding hydrogens is 456 g/mol. The van der Waals surface area contributed by atoms with Gasteiger partial charge in [-0.3, -0.25) is 0 Å². The van der Waals surface area contributed by atoms with Crippen molar-refractivity contribution in [2.24, 2.45) is 0 Å². The second-order valence-corrected chi connectivity index (χ2v) is 9.19. The Morgan fingerprint density at radius 3 is 1.14 bits per heavy atom. The molecular formula is C34H34O3. The van der Waals surface area contributed by atoms with E-state index in [1.165, 1.54) is 0 Å². The van der Waals surface area contributed by atoms with Crippen LogP contribution < -0.4 is 9.47 Å². The topological polar surface area (TPSA) is 27.7 Å². The van der Waals surface area contributed by atoms with Crippen molar-refractivity contribution in [3.8, 4) is 11.5 Å². The first-order valence-electron chi connectivity index (χ1n) is 12.6. The van der Waals surface area contributed by atoms with Gasteiger partial charge in [0, 0.05) is 12.8 Å². The fourth-order valence-electron chi connectivity index (χ4n) is 4.30. The fraction of sp³-hybridized carbons (Fsp3) is 0.176. The molecule has 4 aromatic carbocycles. The lowest BCUT2D eigenvalue weighted by Gasteiger charge is -2.35. The first-order valence-corrected chi connectivity index (χ1v) is 12.6. The summed E-state index contributed by atoms with van der Waals surface area (Å²) in [4.78, 5) is 0. The molecule has 0 spiro atoms. The molecule has 3 nitrogen and oxygen atoms in total. The Hall–Kier alpha value is -4.08. The third kappa shape index (κ3) is 7.45. The van der Waals surface area contributed by atoms with Crippen molar-refractivity contribution in [2.75, 3.05) is 13.2 Å². The summed E-state index contributed by atoms with van der Waals surface area (Å²) >= 11 is 0. The highest BCUT2D eigenvalue weighted by molar-refractivity contribution is 5.28. The maximum absolute atomic E-state index is 6.53. The number of ether oxygens (including phenoxy) is 3. The predicted octanol–water partition coefficient (Wildman–Crippen LogP) is 7.50. The lowest BCUT2D eigenvalue weighted by molar-refractivity contribution is -0.0450. The van der Waals surface area contributed by atoms with Gasteiger partial charge in [0.15, 0.2) is 11.2 Å². The molecule has 37 heavy (non-hydrogen) atoms. The first kappa shape index (κ1) is 26.0. The molecule has 2 atom stereocenters. The highest BCUT2D eigenvalue weighted by Crippen LogP contribution is 2.28. The van der Waals surface area contributed by atoms with Crippen LogP contribution in [0.3, 0.4) is 0 Å². The van der Waals surface area contributed by atoms with Crippen LogP contribution in [0, 0.1) is 0 Å². The number of rotatable bonds is 14. The minimum absolute atomic E-state index is 0.294. The Morgan fingerprint density at radius 2 is 0.811 bits per heavy atom. The van der Waals surface area contributed by atoms with Gasteiger partial charge in [-0.05, 0) is 47.5 Å². The average Bonchev–Trinajstić information content (AvgIpc) is 2.95. The van der Waals surface area contributed by atoms with E-state index in [1.54, 1.807) is 0 Å². The second kappa shape index (κ2) is 12.8. The summed E-state index contributed by atoms with van der Waals surface area (Å²) in [5.41, 5.74) is 0.744. The zero-order chi connectivity index (χ0) is 25.8. The van der Waals surface area contributed by atoms with Crippen LogP contribution in [-0.2, 0) is 17.6 Å². The van der Waals surface area contributed by atoms with Gasteiger partial charge in [0.2, 0.25) is 0 Å². The number of para-hydroxylation sites is 2. The maximum Gasteiger partial charge on any atom is 0.154 e. The van der Waals surface area contributed by atoms with Gasteiger partial charge >= 0.3 is 0 Å². The van der Waals surface area contributed by atoms with Gasteiger partial charge in [-0.25, -0.2) is 0 Å². The second-order valence-electron chi connectivity index (χ2n) is 9.19. The van der Waals surface area contributed by atoms with E-state index in [0.29, 0.717) is 26.1 Å². The lowest BCUT2D eigenvalue weighted by Crippen LogP contribution is -2.46. The van der Waals surface area contributed by atoms with Crippen LogP contribution in [0.4, 0.5) is 0 Å². The third-order valence-electron chi connectivity index (χ3n) is 6.26. The zero-order valence-corrected chi connectivity index (χ0v) is 21.2. The predicted molar refractivity (Wildman–Crippen MR) is 151 cm³/mol. The molecule has 2 unspecified atom stereocenters. The van der Waals surface area contributed by atoms with Crippen LogP contribution in [0.15, 0.2) is 147 Å². The molecule has 0 saturated carbocycles. The van der Waals surface area contributed by atoms with E-state index >= 15 is 0 Å². The van der Waals surface area contributed by atoms with E-state index in [1.807, 2.05) is 109 Å². The SMILES string of the molecule is C=CC(COCC(C=C)(Cc1ccccc1)Oc1ccccc1)(Cc1ccccc1)Oc1ccccc1.